The van der Waals surface area contributed by atoms with Gasteiger partial charge in [-0.15, -0.1) is 0 Å². The highest BCUT2D eigenvalue weighted by molar-refractivity contribution is 7.22. The zero-order valence-corrected chi connectivity index (χ0v) is 30.8. The van der Waals surface area contributed by atoms with Crippen molar-refractivity contribution in [2.45, 2.75) is 56.5 Å². The average Bonchev–Trinajstić information content (AvgIpc) is 3.89. The standard InChI is InChI=1S/C38H33F7N8O3S/c39-22-9-19(10-23(40)13-22)11-28(47-30(54)16-53-33-25(3-4-37(33,41)42)32(50-53)38(43,44)45)31-26(20-1-2-21-15-46-35(55)27(21)12-20)14-29-34(48-31)49-36(57-29)52-7-5-51(6-8-52)24-17-56-18-24/h1-2,9-10,12-14,24,28H,3-8,11,15-18H2,(H,46,55)(H,47,54). The molecule has 0 radical (unpaired) electrons. The Kier molecular flexibility index (Phi) is 9.23. The van der Waals surface area contributed by atoms with E-state index in [-0.39, 0.29) is 23.6 Å². The van der Waals surface area contributed by atoms with Gasteiger partial charge < -0.3 is 20.3 Å². The molecular formula is C38H33F7N8O3S. The molecule has 3 aromatic heterocycles. The number of aromatic nitrogens is 4. The summed E-state index contributed by atoms with van der Waals surface area (Å²) in [6.07, 6.45) is -6.75. The van der Waals surface area contributed by atoms with E-state index in [0.29, 0.717) is 81.8 Å². The van der Waals surface area contributed by atoms with Crippen molar-refractivity contribution >= 4 is 38.6 Å². The van der Waals surface area contributed by atoms with Gasteiger partial charge in [-0.3, -0.25) is 19.2 Å². The van der Waals surface area contributed by atoms with Gasteiger partial charge in [0, 0.05) is 61.9 Å². The molecule has 5 aromatic rings. The summed E-state index contributed by atoms with van der Waals surface area (Å²) in [6, 6.07) is 8.97. The van der Waals surface area contributed by atoms with Gasteiger partial charge in [0.1, 0.15) is 23.9 Å². The number of halogens is 7. The van der Waals surface area contributed by atoms with Crippen LogP contribution in [-0.2, 0) is 47.6 Å². The molecular weight excluding hydrogens is 782 g/mol. The number of piperazine rings is 1. The third kappa shape index (κ3) is 7.09. The number of hydrogen-bond donors (Lipinski definition) is 2. The van der Waals surface area contributed by atoms with Crippen LogP contribution >= 0.6 is 11.3 Å². The van der Waals surface area contributed by atoms with Crippen molar-refractivity contribution < 1.29 is 45.1 Å². The molecule has 19 heteroatoms. The predicted octanol–water partition coefficient (Wildman–Crippen LogP) is 5.75. The molecule has 2 aromatic carbocycles. The number of anilines is 1. The molecule has 2 N–H and O–H groups in total. The normalized spacial score (nSPS) is 18.7. The number of amides is 2. The fourth-order valence-corrected chi connectivity index (χ4v) is 9.04. The highest BCUT2D eigenvalue weighted by Crippen LogP contribution is 2.46. The summed E-state index contributed by atoms with van der Waals surface area (Å²) in [6.45, 7) is 3.72. The molecule has 4 aliphatic rings. The molecule has 2 fully saturated rings. The maximum atomic E-state index is 15.0. The van der Waals surface area contributed by atoms with Crippen molar-refractivity contribution in [2.24, 2.45) is 0 Å². The van der Waals surface area contributed by atoms with Gasteiger partial charge in [0.05, 0.1) is 35.7 Å². The zero-order valence-electron chi connectivity index (χ0n) is 29.9. The first-order valence-corrected chi connectivity index (χ1v) is 19.1. The molecule has 11 nitrogen and oxygen atoms in total. The van der Waals surface area contributed by atoms with E-state index in [2.05, 4.69) is 25.5 Å². The van der Waals surface area contributed by atoms with Crippen LogP contribution in [0.25, 0.3) is 21.5 Å². The molecule has 1 aliphatic carbocycles. The topological polar surface area (TPSA) is 118 Å². The summed E-state index contributed by atoms with van der Waals surface area (Å²) < 4.78 is 107. The van der Waals surface area contributed by atoms with E-state index < -0.39 is 72.0 Å². The van der Waals surface area contributed by atoms with E-state index in [1.807, 2.05) is 0 Å². The third-order valence-electron chi connectivity index (χ3n) is 10.9. The van der Waals surface area contributed by atoms with E-state index in [1.54, 1.807) is 24.3 Å². The largest absolute Gasteiger partial charge is 0.435 e. The maximum Gasteiger partial charge on any atom is 0.435 e. The molecule has 9 rings (SSSR count). The number of pyridine rings is 1. The molecule has 1 unspecified atom stereocenters. The predicted molar refractivity (Wildman–Crippen MR) is 193 cm³/mol. The summed E-state index contributed by atoms with van der Waals surface area (Å²) >= 11 is 1.40. The van der Waals surface area contributed by atoms with Crippen LogP contribution in [-0.4, -0.2) is 81.9 Å². The van der Waals surface area contributed by atoms with Crippen LogP contribution in [0.4, 0.5) is 35.9 Å². The summed E-state index contributed by atoms with van der Waals surface area (Å²) in [7, 11) is 0. The van der Waals surface area contributed by atoms with E-state index in [4.69, 9.17) is 14.7 Å². The molecule has 298 valence electrons. The second-order valence-corrected chi connectivity index (χ2v) is 15.7. The lowest BCUT2D eigenvalue weighted by atomic mass is 9.93. The van der Waals surface area contributed by atoms with Crippen LogP contribution in [0.3, 0.4) is 0 Å². The Morgan fingerprint density at radius 3 is 2.47 bits per heavy atom. The van der Waals surface area contributed by atoms with Gasteiger partial charge in [-0.1, -0.05) is 23.5 Å². The molecule has 0 spiro atoms. The van der Waals surface area contributed by atoms with Gasteiger partial charge in [0.25, 0.3) is 11.8 Å². The van der Waals surface area contributed by atoms with Crippen molar-refractivity contribution in [3.8, 4) is 11.1 Å². The lowest BCUT2D eigenvalue weighted by Crippen LogP contribution is -2.56. The number of rotatable bonds is 9. The van der Waals surface area contributed by atoms with E-state index in [1.165, 1.54) is 11.3 Å². The van der Waals surface area contributed by atoms with Crippen LogP contribution in [0.5, 0.6) is 0 Å². The Morgan fingerprint density at radius 1 is 1.02 bits per heavy atom. The van der Waals surface area contributed by atoms with Gasteiger partial charge in [0.15, 0.2) is 16.5 Å². The van der Waals surface area contributed by atoms with Crippen LogP contribution < -0.4 is 15.5 Å². The number of nitrogens with zero attached hydrogens (tertiary/aromatic N) is 6. The monoisotopic (exact) mass is 814 g/mol. The maximum absolute atomic E-state index is 15.0. The molecule has 2 saturated heterocycles. The number of fused-ring (bicyclic) bond motifs is 3. The highest BCUT2D eigenvalue weighted by atomic mass is 32.1. The number of carbonyl (C=O) groups is 2. The van der Waals surface area contributed by atoms with Crippen LogP contribution in [0.15, 0.2) is 42.5 Å². The minimum atomic E-state index is -5.04. The number of benzene rings is 2. The summed E-state index contributed by atoms with van der Waals surface area (Å²) in [5, 5.41) is 9.59. The Labute approximate surface area is 323 Å². The molecule has 3 aliphatic heterocycles. The number of carbonyl (C=O) groups excluding carboxylic acids is 2. The molecule has 0 saturated carbocycles. The minimum absolute atomic E-state index is 0.0959. The number of alkyl halides is 5. The molecule has 57 heavy (non-hydrogen) atoms. The number of thiazole rings is 1. The summed E-state index contributed by atoms with van der Waals surface area (Å²) in [5.41, 5.74) is -0.450. The van der Waals surface area contributed by atoms with Crippen molar-refractivity contribution in [2.75, 3.05) is 44.3 Å². The van der Waals surface area contributed by atoms with Gasteiger partial charge in [0.2, 0.25) is 5.91 Å². The smallest absolute Gasteiger partial charge is 0.378 e. The van der Waals surface area contributed by atoms with Gasteiger partial charge >= 0.3 is 6.18 Å². The highest BCUT2D eigenvalue weighted by Gasteiger charge is 2.50. The van der Waals surface area contributed by atoms with Crippen LogP contribution in [0.1, 0.15) is 56.6 Å². The van der Waals surface area contributed by atoms with Gasteiger partial charge in [-0.05, 0) is 53.8 Å². The van der Waals surface area contributed by atoms with Crippen molar-refractivity contribution in [3.05, 3.63) is 93.4 Å². The van der Waals surface area contributed by atoms with Crippen molar-refractivity contribution in [1.29, 1.82) is 0 Å². The quantitative estimate of drug-likeness (QED) is 0.181. The summed E-state index contributed by atoms with van der Waals surface area (Å²) in [4.78, 5) is 40.9. The van der Waals surface area contributed by atoms with Crippen molar-refractivity contribution in [1.82, 2.24) is 35.3 Å². The summed E-state index contributed by atoms with van der Waals surface area (Å²) in [5.74, 6) is -6.76. The Bertz CT molecular complexity index is 2400. The fourth-order valence-electron chi connectivity index (χ4n) is 8.04. The molecule has 1 atom stereocenters. The fraction of sp³-hybridized carbons (Fsp3) is 0.395. The number of hydrogen-bond acceptors (Lipinski definition) is 9. The van der Waals surface area contributed by atoms with E-state index in [0.717, 1.165) is 30.8 Å². The Morgan fingerprint density at radius 2 is 1.77 bits per heavy atom. The SMILES string of the molecule is O=C(Cn1nc(C(F)(F)F)c2c1C(F)(F)CC2)NC(Cc1cc(F)cc(F)c1)c1nc2nc(N3CCN(C4COC4)CC3)sc2cc1-c1ccc2c(c1)C(=O)NC2. The molecule has 6 heterocycles. The van der Waals surface area contributed by atoms with Gasteiger partial charge in [-0.25, -0.2) is 13.8 Å². The molecule has 0 bridgehead atoms. The second-order valence-electron chi connectivity index (χ2n) is 14.6. The lowest BCUT2D eigenvalue weighted by Gasteiger charge is -2.42. The Balaban J connectivity index is 1.12. The van der Waals surface area contributed by atoms with E-state index >= 15 is 0 Å². The second kappa shape index (κ2) is 14.1. The lowest BCUT2D eigenvalue weighted by molar-refractivity contribution is -0.142. The minimum Gasteiger partial charge on any atom is -0.378 e. The van der Waals surface area contributed by atoms with Crippen molar-refractivity contribution in [3.63, 3.8) is 0 Å². The molecule has 2 amide bonds. The average molecular weight is 815 g/mol. The first-order chi connectivity index (χ1) is 27.2. The first kappa shape index (κ1) is 37.4. The zero-order chi connectivity index (χ0) is 39.8. The Hall–Kier alpha value is -5.14. The number of nitrogens with one attached hydrogen (secondary N) is 2. The third-order valence-corrected chi connectivity index (χ3v) is 12.0. The number of ether oxygens (including phenoxy) is 1. The van der Waals surface area contributed by atoms with Gasteiger partial charge in [-0.2, -0.15) is 32.0 Å². The van der Waals surface area contributed by atoms with E-state index in [9.17, 15) is 40.3 Å². The van der Waals surface area contributed by atoms with Crippen LogP contribution in [0, 0.1) is 11.6 Å². The van der Waals surface area contributed by atoms with Crippen LogP contribution in [0.2, 0.25) is 0 Å². The first-order valence-electron chi connectivity index (χ1n) is 18.3.